The van der Waals surface area contributed by atoms with Crippen molar-refractivity contribution in [3.63, 3.8) is 0 Å². The van der Waals surface area contributed by atoms with Crippen molar-refractivity contribution in [3.05, 3.63) is 64.2 Å². The molecule has 1 fully saturated rings. The molecule has 6 nitrogen and oxygen atoms in total. The van der Waals surface area contributed by atoms with Crippen LogP contribution in [0, 0.1) is 0 Å². The minimum atomic E-state index is -4.50. The van der Waals surface area contributed by atoms with Crippen molar-refractivity contribution in [2.24, 2.45) is 0 Å². The molecule has 1 unspecified atom stereocenters. The Kier molecular flexibility index (Phi) is 7.14. The van der Waals surface area contributed by atoms with Gasteiger partial charge in [-0.2, -0.15) is 13.2 Å². The Morgan fingerprint density at radius 3 is 2.56 bits per heavy atom. The van der Waals surface area contributed by atoms with Crippen LogP contribution < -0.4 is 10.1 Å². The van der Waals surface area contributed by atoms with Crippen molar-refractivity contribution >= 4 is 23.5 Å². The van der Waals surface area contributed by atoms with E-state index in [0.717, 1.165) is 17.7 Å². The number of nitrogens with zero attached hydrogens (tertiary/aromatic N) is 2. The number of urea groups is 1. The molecular formula is C26H29ClF3N3O3. The van der Waals surface area contributed by atoms with Crippen LogP contribution in [0.15, 0.2) is 42.5 Å². The molecule has 0 spiro atoms. The van der Waals surface area contributed by atoms with E-state index in [1.807, 2.05) is 12.1 Å². The van der Waals surface area contributed by atoms with E-state index in [0.29, 0.717) is 42.9 Å². The van der Waals surface area contributed by atoms with E-state index in [2.05, 4.69) is 5.32 Å². The number of carbonyl (C=O) groups excluding carboxylic acids is 2. The van der Waals surface area contributed by atoms with Gasteiger partial charge in [0.25, 0.3) is 0 Å². The first kappa shape index (κ1) is 26.1. The maximum atomic E-state index is 13.3. The Hall–Kier alpha value is -2.94. The quantitative estimate of drug-likeness (QED) is 0.551. The molecule has 194 valence electrons. The summed E-state index contributed by atoms with van der Waals surface area (Å²) in [5.74, 6) is -0.0664. The van der Waals surface area contributed by atoms with Crippen molar-refractivity contribution in [1.29, 1.82) is 0 Å². The Balaban J connectivity index is 1.48. The average molecular weight is 524 g/mol. The Morgan fingerprint density at radius 2 is 1.89 bits per heavy atom. The summed E-state index contributed by atoms with van der Waals surface area (Å²) in [7, 11) is 1.70. The number of alkyl halides is 3. The van der Waals surface area contributed by atoms with Crippen LogP contribution in [0.4, 0.5) is 18.0 Å². The van der Waals surface area contributed by atoms with E-state index in [1.54, 1.807) is 37.9 Å². The van der Waals surface area contributed by atoms with Crippen LogP contribution >= 0.6 is 11.6 Å². The predicted octanol–water partition coefficient (Wildman–Crippen LogP) is 5.79. The summed E-state index contributed by atoms with van der Waals surface area (Å²) in [6.07, 6.45) is -2.90. The Morgan fingerprint density at radius 1 is 1.19 bits per heavy atom. The van der Waals surface area contributed by atoms with Gasteiger partial charge < -0.3 is 19.9 Å². The van der Waals surface area contributed by atoms with Gasteiger partial charge in [0.15, 0.2) is 0 Å². The molecule has 2 aromatic carbocycles. The van der Waals surface area contributed by atoms with Gasteiger partial charge in [-0.25, -0.2) is 4.79 Å². The van der Waals surface area contributed by atoms with Crippen LogP contribution in [0.2, 0.25) is 5.02 Å². The van der Waals surface area contributed by atoms with Crippen LogP contribution in [0.5, 0.6) is 5.75 Å². The minimum absolute atomic E-state index is 0.100. The van der Waals surface area contributed by atoms with Gasteiger partial charge in [-0.1, -0.05) is 29.8 Å². The minimum Gasteiger partial charge on any atom is -0.487 e. The standard InChI is InChI=1S/C26H29ClF3N3O3/c1-25(2)14-20(19-11-8-17(26(28,29)30)13-22(19)36-25)31-24(35)33-12-4-5-21(33)23(34)32(3)15-16-6-9-18(27)10-7-16/h6-11,13,20-21H,4-5,12,14-15H2,1-3H3,(H,31,35)/t20?,21-/m1/s1. The third-order valence-corrected chi connectivity index (χ3v) is 6.86. The number of hydrogen-bond acceptors (Lipinski definition) is 3. The van der Waals surface area contributed by atoms with Crippen LogP contribution in [0.3, 0.4) is 0 Å². The lowest BCUT2D eigenvalue weighted by atomic mass is 9.89. The summed E-state index contributed by atoms with van der Waals surface area (Å²) in [6, 6.07) is 8.95. The van der Waals surface area contributed by atoms with Gasteiger partial charge in [-0.3, -0.25) is 4.79 Å². The molecule has 1 N–H and O–H groups in total. The summed E-state index contributed by atoms with van der Waals surface area (Å²) < 4.78 is 45.5. The number of benzene rings is 2. The van der Waals surface area contributed by atoms with Gasteiger partial charge in [-0.05, 0) is 56.5 Å². The molecule has 36 heavy (non-hydrogen) atoms. The zero-order chi connectivity index (χ0) is 26.3. The number of halogens is 4. The molecule has 2 aromatic rings. The van der Waals surface area contributed by atoms with Crippen molar-refractivity contribution in [2.45, 2.75) is 63.5 Å². The first-order valence-electron chi connectivity index (χ1n) is 11.8. The highest BCUT2D eigenvalue weighted by Crippen LogP contribution is 2.42. The molecule has 10 heteroatoms. The smallest absolute Gasteiger partial charge is 0.416 e. The number of nitrogens with one attached hydrogen (secondary N) is 1. The van der Waals surface area contributed by atoms with Gasteiger partial charge >= 0.3 is 12.2 Å². The second kappa shape index (κ2) is 9.84. The van der Waals surface area contributed by atoms with Crippen LogP contribution in [-0.4, -0.2) is 47.0 Å². The third kappa shape index (κ3) is 5.72. The summed E-state index contributed by atoms with van der Waals surface area (Å²) in [5.41, 5.74) is -0.187. The lowest BCUT2D eigenvalue weighted by Crippen LogP contribution is -2.51. The Labute approximate surface area is 213 Å². The summed E-state index contributed by atoms with van der Waals surface area (Å²) in [5, 5.41) is 3.56. The van der Waals surface area contributed by atoms with Gasteiger partial charge in [0.2, 0.25) is 5.91 Å². The van der Waals surface area contributed by atoms with Crippen molar-refractivity contribution in [1.82, 2.24) is 15.1 Å². The summed E-state index contributed by atoms with van der Waals surface area (Å²) >= 11 is 5.94. The van der Waals surface area contributed by atoms with Gasteiger partial charge in [-0.15, -0.1) is 0 Å². The summed E-state index contributed by atoms with van der Waals surface area (Å²) in [6.45, 7) is 4.33. The molecule has 0 saturated carbocycles. The molecule has 2 aliphatic rings. The molecule has 4 rings (SSSR count). The number of carbonyl (C=O) groups is 2. The first-order valence-corrected chi connectivity index (χ1v) is 12.2. The molecule has 0 bridgehead atoms. The lowest BCUT2D eigenvalue weighted by Gasteiger charge is -2.39. The average Bonchev–Trinajstić information content (AvgIpc) is 3.28. The highest BCUT2D eigenvalue weighted by atomic mass is 35.5. The maximum Gasteiger partial charge on any atom is 0.416 e. The Bertz CT molecular complexity index is 1140. The van der Waals surface area contributed by atoms with E-state index in [9.17, 15) is 22.8 Å². The van der Waals surface area contributed by atoms with E-state index in [4.69, 9.17) is 16.3 Å². The molecule has 1 saturated heterocycles. The predicted molar refractivity (Wildman–Crippen MR) is 130 cm³/mol. The largest absolute Gasteiger partial charge is 0.487 e. The van der Waals surface area contributed by atoms with Crippen LogP contribution in [0.1, 0.15) is 55.8 Å². The van der Waals surface area contributed by atoms with Crippen molar-refractivity contribution in [3.8, 4) is 5.75 Å². The molecule has 0 aliphatic carbocycles. The second-order valence-electron chi connectivity index (χ2n) is 9.99. The molecule has 0 aromatic heterocycles. The zero-order valence-electron chi connectivity index (χ0n) is 20.4. The molecule has 3 amide bonds. The normalized spacial score (nSPS) is 20.9. The van der Waals surface area contributed by atoms with Crippen LogP contribution in [-0.2, 0) is 17.5 Å². The number of likely N-dealkylation sites (tertiary alicyclic amines) is 1. The van der Waals surface area contributed by atoms with Crippen molar-refractivity contribution < 1.29 is 27.5 Å². The fourth-order valence-electron chi connectivity index (χ4n) is 4.85. The van der Waals surface area contributed by atoms with E-state index in [1.165, 1.54) is 11.0 Å². The zero-order valence-corrected chi connectivity index (χ0v) is 21.1. The van der Waals surface area contributed by atoms with Gasteiger partial charge in [0.1, 0.15) is 17.4 Å². The molecule has 0 radical (unpaired) electrons. The third-order valence-electron chi connectivity index (χ3n) is 6.60. The molecule has 2 aliphatic heterocycles. The number of amides is 3. The fraction of sp³-hybridized carbons (Fsp3) is 0.462. The molecular weight excluding hydrogens is 495 g/mol. The number of rotatable bonds is 4. The monoisotopic (exact) mass is 523 g/mol. The van der Waals surface area contributed by atoms with E-state index >= 15 is 0 Å². The number of fused-ring (bicyclic) bond motifs is 1. The number of hydrogen-bond donors (Lipinski definition) is 1. The van der Waals surface area contributed by atoms with E-state index in [-0.39, 0.29) is 11.7 Å². The van der Waals surface area contributed by atoms with Crippen molar-refractivity contribution in [2.75, 3.05) is 13.6 Å². The fourth-order valence-corrected chi connectivity index (χ4v) is 4.98. The maximum absolute atomic E-state index is 13.3. The second-order valence-corrected chi connectivity index (χ2v) is 10.4. The van der Waals surface area contributed by atoms with Gasteiger partial charge in [0, 0.05) is 37.1 Å². The highest BCUT2D eigenvalue weighted by Gasteiger charge is 2.40. The molecule has 2 atom stereocenters. The number of likely N-dealkylation sites (N-methyl/N-ethyl adjacent to an activating group) is 1. The highest BCUT2D eigenvalue weighted by molar-refractivity contribution is 6.30. The summed E-state index contributed by atoms with van der Waals surface area (Å²) in [4.78, 5) is 29.6. The lowest BCUT2D eigenvalue weighted by molar-refractivity contribution is -0.138. The molecule has 2 heterocycles. The van der Waals surface area contributed by atoms with E-state index < -0.39 is 35.5 Å². The van der Waals surface area contributed by atoms with Crippen LogP contribution in [0.25, 0.3) is 0 Å². The number of ether oxygens (including phenoxy) is 1. The first-order chi connectivity index (χ1) is 16.8. The topological polar surface area (TPSA) is 61.9 Å². The SMILES string of the molecule is CN(Cc1ccc(Cl)cc1)C(=O)[C@H]1CCCN1C(=O)NC1CC(C)(C)Oc2cc(C(F)(F)F)ccc21. The van der Waals surface area contributed by atoms with Gasteiger partial charge in [0.05, 0.1) is 11.6 Å².